The molecule has 0 radical (unpaired) electrons. The van der Waals surface area contributed by atoms with Crippen LogP contribution in [0, 0.1) is 5.82 Å². The Morgan fingerprint density at radius 2 is 2.20 bits per heavy atom. The second-order valence-electron chi connectivity index (χ2n) is 4.20. The fraction of sp³-hybridized carbons (Fsp3) is 0.154. The van der Waals surface area contributed by atoms with E-state index in [4.69, 9.17) is 4.74 Å². The third-order valence-corrected chi connectivity index (χ3v) is 2.80. The van der Waals surface area contributed by atoms with Crippen LogP contribution in [0.2, 0.25) is 0 Å². The summed E-state index contributed by atoms with van der Waals surface area (Å²) in [6, 6.07) is 4.50. The summed E-state index contributed by atoms with van der Waals surface area (Å²) < 4.78 is 19.3. The summed E-state index contributed by atoms with van der Waals surface area (Å²) in [7, 11) is 0. The molecule has 2 aromatic rings. The summed E-state index contributed by atoms with van der Waals surface area (Å²) in [6.07, 6.45) is 3.01. The molecular formula is C13H11FN4O2. The van der Waals surface area contributed by atoms with Gasteiger partial charge in [0.15, 0.2) is 11.6 Å². The van der Waals surface area contributed by atoms with E-state index in [2.05, 4.69) is 20.8 Å². The first-order chi connectivity index (χ1) is 9.74. The Kier molecular flexibility index (Phi) is 3.16. The van der Waals surface area contributed by atoms with E-state index in [9.17, 15) is 9.18 Å². The molecule has 1 aromatic carbocycles. The molecule has 20 heavy (non-hydrogen) atoms. The largest absolute Gasteiger partial charge is 0.488 e. The van der Waals surface area contributed by atoms with Gasteiger partial charge in [-0.25, -0.2) is 4.39 Å². The van der Waals surface area contributed by atoms with Crippen LogP contribution in [0.5, 0.6) is 5.75 Å². The highest BCUT2D eigenvalue weighted by Crippen LogP contribution is 2.29. The number of benzene rings is 1. The van der Waals surface area contributed by atoms with Gasteiger partial charge in [0.25, 0.3) is 5.91 Å². The molecule has 0 atom stereocenters. The van der Waals surface area contributed by atoms with Crippen molar-refractivity contribution in [3.63, 3.8) is 0 Å². The lowest BCUT2D eigenvalue weighted by molar-refractivity contribution is 0.0957. The Bertz CT molecular complexity index is 648. The van der Waals surface area contributed by atoms with E-state index in [1.807, 2.05) is 0 Å². The predicted molar refractivity (Wildman–Crippen MR) is 69.5 cm³/mol. The maximum atomic E-state index is 14.0. The summed E-state index contributed by atoms with van der Waals surface area (Å²) >= 11 is 0. The van der Waals surface area contributed by atoms with Crippen LogP contribution in [-0.4, -0.2) is 29.3 Å². The second kappa shape index (κ2) is 5.12. The Morgan fingerprint density at radius 1 is 1.30 bits per heavy atom. The van der Waals surface area contributed by atoms with Gasteiger partial charge < -0.3 is 15.4 Å². The van der Waals surface area contributed by atoms with Gasteiger partial charge in [-0.2, -0.15) is 10.2 Å². The number of hydrogen-bond donors (Lipinski definition) is 2. The van der Waals surface area contributed by atoms with Crippen LogP contribution in [0.4, 0.5) is 15.8 Å². The number of hydrogen-bond acceptors (Lipinski definition) is 5. The van der Waals surface area contributed by atoms with Gasteiger partial charge in [0.05, 0.1) is 30.2 Å². The van der Waals surface area contributed by atoms with Gasteiger partial charge in [0, 0.05) is 11.8 Å². The molecule has 2 N–H and O–H groups in total. The Hall–Kier alpha value is -2.70. The van der Waals surface area contributed by atoms with Gasteiger partial charge in [-0.3, -0.25) is 4.79 Å². The summed E-state index contributed by atoms with van der Waals surface area (Å²) in [5, 5.41) is 13.0. The topological polar surface area (TPSA) is 76.1 Å². The maximum absolute atomic E-state index is 14.0. The molecular weight excluding hydrogens is 263 g/mol. The first-order valence-electron chi connectivity index (χ1n) is 6.02. The average molecular weight is 274 g/mol. The molecule has 1 aliphatic heterocycles. The zero-order valence-corrected chi connectivity index (χ0v) is 10.4. The first-order valence-corrected chi connectivity index (χ1v) is 6.02. The summed E-state index contributed by atoms with van der Waals surface area (Å²) in [4.78, 5) is 11.9. The SMILES string of the molecule is O=C1NCCOc2c(F)cc(Nc3ccnnc3)cc21. The number of fused-ring (bicyclic) bond motifs is 1. The lowest BCUT2D eigenvalue weighted by Crippen LogP contribution is -2.24. The van der Waals surface area contributed by atoms with Gasteiger partial charge in [-0.1, -0.05) is 0 Å². The van der Waals surface area contributed by atoms with Crippen molar-refractivity contribution in [3.05, 3.63) is 42.0 Å². The van der Waals surface area contributed by atoms with Crippen molar-refractivity contribution in [1.82, 2.24) is 15.5 Å². The first kappa shape index (κ1) is 12.3. The van der Waals surface area contributed by atoms with E-state index >= 15 is 0 Å². The van der Waals surface area contributed by atoms with E-state index in [0.29, 0.717) is 17.9 Å². The second-order valence-corrected chi connectivity index (χ2v) is 4.20. The Morgan fingerprint density at radius 3 is 3.00 bits per heavy atom. The molecule has 0 fully saturated rings. The fourth-order valence-corrected chi connectivity index (χ4v) is 1.93. The molecule has 0 saturated heterocycles. The van der Waals surface area contributed by atoms with E-state index in [-0.39, 0.29) is 23.8 Å². The third-order valence-electron chi connectivity index (χ3n) is 2.80. The Balaban J connectivity index is 1.98. The van der Waals surface area contributed by atoms with Crippen LogP contribution >= 0.6 is 0 Å². The predicted octanol–water partition coefficient (Wildman–Crippen LogP) is 1.48. The molecule has 0 aliphatic carbocycles. The highest BCUT2D eigenvalue weighted by atomic mass is 19.1. The smallest absolute Gasteiger partial charge is 0.255 e. The number of nitrogens with one attached hydrogen (secondary N) is 2. The van der Waals surface area contributed by atoms with Gasteiger partial charge in [-0.15, -0.1) is 0 Å². The maximum Gasteiger partial charge on any atom is 0.255 e. The van der Waals surface area contributed by atoms with Crippen molar-refractivity contribution in [3.8, 4) is 5.75 Å². The van der Waals surface area contributed by atoms with Crippen LogP contribution in [0.15, 0.2) is 30.6 Å². The average Bonchev–Trinajstić information content (AvgIpc) is 2.63. The molecule has 7 heteroatoms. The normalized spacial score (nSPS) is 13.8. The monoisotopic (exact) mass is 274 g/mol. The quantitative estimate of drug-likeness (QED) is 0.867. The standard InChI is InChI=1S/C13H11FN4O2/c14-11-6-9(18-8-1-2-16-17-7-8)5-10-12(11)20-4-3-15-13(10)19/h1-2,5-7H,3-4H2,(H,15,19)(H,16,18). The number of ether oxygens (including phenoxy) is 1. The number of anilines is 2. The van der Waals surface area contributed by atoms with E-state index in [0.717, 1.165) is 0 Å². The highest BCUT2D eigenvalue weighted by molar-refractivity contribution is 5.98. The number of amides is 1. The van der Waals surface area contributed by atoms with Crippen molar-refractivity contribution in [2.24, 2.45) is 0 Å². The van der Waals surface area contributed by atoms with E-state index < -0.39 is 5.82 Å². The fourth-order valence-electron chi connectivity index (χ4n) is 1.93. The summed E-state index contributed by atoms with van der Waals surface area (Å²) in [5.74, 6) is -0.949. The van der Waals surface area contributed by atoms with Crippen LogP contribution < -0.4 is 15.4 Å². The minimum Gasteiger partial charge on any atom is -0.488 e. The van der Waals surface area contributed by atoms with Crippen molar-refractivity contribution >= 4 is 17.3 Å². The highest BCUT2D eigenvalue weighted by Gasteiger charge is 2.21. The number of rotatable bonds is 2. The molecule has 0 saturated carbocycles. The summed E-state index contributed by atoms with van der Waals surface area (Å²) in [6.45, 7) is 0.598. The molecule has 1 aromatic heterocycles. The molecule has 0 unspecified atom stereocenters. The third kappa shape index (κ3) is 2.37. The Labute approximate surface area is 114 Å². The molecule has 1 amide bonds. The number of nitrogens with zero attached hydrogens (tertiary/aromatic N) is 2. The number of carbonyl (C=O) groups excluding carboxylic acids is 1. The number of halogens is 1. The van der Waals surface area contributed by atoms with Crippen molar-refractivity contribution in [2.45, 2.75) is 0 Å². The van der Waals surface area contributed by atoms with Crippen molar-refractivity contribution < 1.29 is 13.9 Å². The van der Waals surface area contributed by atoms with Crippen LogP contribution in [-0.2, 0) is 0 Å². The van der Waals surface area contributed by atoms with Gasteiger partial charge in [0.1, 0.15) is 6.61 Å². The van der Waals surface area contributed by atoms with Gasteiger partial charge >= 0.3 is 0 Å². The van der Waals surface area contributed by atoms with Crippen molar-refractivity contribution in [2.75, 3.05) is 18.5 Å². The van der Waals surface area contributed by atoms with E-state index in [1.54, 1.807) is 12.1 Å². The zero-order valence-electron chi connectivity index (χ0n) is 10.4. The van der Waals surface area contributed by atoms with Crippen LogP contribution in [0.1, 0.15) is 10.4 Å². The zero-order chi connectivity index (χ0) is 13.9. The molecule has 1 aliphatic rings. The molecule has 6 nitrogen and oxygen atoms in total. The number of aromatic nitrogens is 2. The molecule has 102 valence electrons. The molecule has 0 bridgehead atoms. The van der Waals surface area contributed by atoms with Crippen LogP contribution in [0.25, 0.3) is 0 Å². The lowest BCUT2D eigenvalue weighted by Gasteiger charge is -2.11. The molecule has 0 spiro atoms. The minimum atomic E-state index is -0.580. The molecule has 2 heterocycles. The van der Waals surface area contributed by atoms with Crippen molar-refractivity contribution in [1.29, 1.82) is 0 Å². The minimum absolute atomic E-state index is 0.0154. The lowest BCUT2D eigenvalue weighted by atomic mass is 10.1. The van der Waals surface area contributed by atoms with E-state index in [1.165, 1.54) is 18.5 Å². The number of carbonyl (C=O) groups is 1. The summed E-state index contributed by atoms with van der Waals surface area (Å²) in [5.41, 5.74) is 1.26. The van der Waals surface area contributed by atoms with Gasteiger partial charge in [0.2, 0.25) is 0 Å². The molecule has 3 rings (SSSR count). The van der Waals surface area contributed by atoms with Gasteiger partial charge in [-0.05, 0) is 12.1 Å². The van der Waals surface area contributed by atoms with Crippen LogP contribution in [0.3, 0.4) is 0 Å².